The zero-order valence-corrected chi connectivity index (χ0v) is 14.1. The lowest BCUT2D eigenvalue weighted by Gasteiger charge is -2.22. The van der Waals surface area contributed by atoms with E-state index in [0.717, 1.165) is 11.5 Å². The zero-order chi connectivity index (χ0) is 15.7. The van der Waals surface area contributed by atoms with E-state index >= 15 is 0 Å². The Labute approximate surface area is 138 Å². The Morgan fingerprint density at radius 2 is 1.91 bits per heavy atom. The number of nitrogens with zero attached hydrogens (tertiary/aromatic N) is 1. The van der Waals surface area contributed by atoms with Crippen LogP contribution in [-0.2, 0) is 7.05 Å². The minimum atomic E-state index is 0.957. The van der Waals surface area contributed by atoms with E-state index in [-0.39, 0.29) is 0 Å². The molecule has 2 aromatic heterocycles. The van der Waals surface area contributed by atoms with Gasteiger partial charge in [-0.15, -0.1) is 11.3 Å². The van der Waals surface area contributed by atoms with E-state index in [9.17, 15) is 0 Å². The van der Waals surface area contributed by atoms with Crippen LogP contribution < -0.4 is 9.30 Å². The van der Waals surface area contributed by atoms with Crippen LogP contribution in [0.3, 0.4) is 0 Å². The van der Waals surface area contributed by atoms with Gasteiger partial charge in [0.25, 0.3) is 0 Å². The third-order valence-electron chi connectivity index (χ3n) is 4.93. The van der Waals surface area contributed by atoms with Crippen LogP contribution in [0.2, 0.25) is 0 Å². The van der Waals surface area contributed by atoms with E-state index in [4.69, 9.17) is 4.74 Å². The van der Waals surface area contributed by atoms with Gasteiger partial charge in [-0.05, 0) is 47.7 Å². The molecule has 5 rings (SSSR count). The number of rotatable bonds is 0. The molecular formula is C20H16NOS+. The zero-order valence-electron chi connectivity index (χ0n) is 13.3. The average molecular weight is 318 g/mol. The molecule has 0 spiro atoms. The van der Waals surface area contributed by atoms with Gasteiger partial charge in [0, 0.05) is 16.3 Å². The summed E-state index contributed by atoms with van der Waals surface area (Å²) in [5, 5.41) is 5.91. The minimum Gasteiger partial charge on any atom is -0.455 e. The molecule has 1 aliphatic rings. The van der Waals surface area contributed by atoms with Crippen molar-refractivity contribution >= 4 is 32.2 Å². The van der Waals surface area contributed by atoms with Gasteiger partial charge in [-0.3, -0.25) is 0 Å². The maximum absolute atomic E-state index is 6.38. The molecule has 2 aromatic carbocycles. The monoisotopic (exact) mass is 318 g/mol. The molecule has 112 valence electrons. The third-order valence-corrected chi connectivity index (χ3v) is 5.96. The maximum Gasteiger partial charge on any atom is 0.228 e. The second kappa shape index (κ2) is 4.33. The highest BCUT2D eigenvalue weighted by atomic mass is 32.1. The Morgan fingerprint density at radius 3 is 2.78 bits per heavy atom. The Morgan fingerprint density at radius 1 is 1.04 bits per heavy atom. The van der Waals surface area contributed by atoms with E-state index in [2.05, 4.69) is 67.4 Å². The minimum absolute atomic E-state index is 0.957. The topological polar surface area (TPSA) is 13.1 Å². The van der Waals surface area contributed by atoms with Gasteiger partial charge in [-0.25, -0.2) is 4.57 Å². The second-order valence-corrected chi connectivity index (χ2v) is 7.13. The number of hydrogen-bond acceptors (Lipinski definition) is 2. The molecule has 0 saturated carbocycles. The van der Waals surface area contributed by atoms with Gasteiger partial charge in [0.05, 0.1) is 10.9 Å². The number of fused-ring (bicyclic) bond motifs is 3. The van der Waals surface area contributed by atoms with Crippen molar-refractivity contribution in [2.45, 2.75) is 13.8 Å². The van der Waals surface area contributed by atoms with Crippen LogP contribution in [0.25, 0.3) is 32.1 Å². The van der Waals surface area contributed by atoms with E-state index in [1.165, 1.54) is 43.2 Å². The Bertz CT molecular complexity index is 1120. The molecular weight excluding hydrogens is 302 g/mol. The molecule has 0 unspecified atom stereocenters. The first-order valence-electron chi connectivity index (χ1n) is 7.77. The third kappa shape index (κ3) is 1.55. The molecule has 0 amide bonds. The highest BCUT2D eigenvalue weighted by Crippen LogP contribution is 2.50. The van der Waals surface area contributed by atoms with E-state index < -0.39 is 0 Å². The van der Waals surface area contributed by atoms with Gasteiger partial charge in [-0.1, -0.05) is 12.1 Å². The fraction of sp³-hybridized carbons (Fsp3) is 0.150. The summed E-state index contributed by atoms with van der Waals surface area (Å²) in [6.45, 7) is 4.38. The van der Waals surface area contributed by atoms with Crippen LogP contribution >= 0.6 is 11.3 Å². The lowest BCUT2D eigenvalue weighted by molar-refractivity contribution is -0.659. The molecule has 0 saturated heterocycles. The molecule has 0 atom stereocenters. The number of ether oxygens (including phenoxy) is 1. The van der Waals surface area contributed by atoms with Gasteiger partial charge in [-0.2, -0.15) is 0 Å². The summed E-state index contributed by atoms with van der Waals surface area (Å²) in [5.74, 6) is 1.97. The Balaban J connectivity index is 2.07. The number of pyridine rings is 1. The van der Waals surface area contributed by atoms with Crippen LogP contribution in [-0.4, -0.2) is 0 Å². The van der Waals surface area contributed by atoms with E-state index in [1.54, 1.807) is 0 Å². The molecule has 3 heteroatoms. The van der Waals surface area contributed by atoms with Crippen LogP contribution in [0.15, 0.2) is 41.9 Å². The van der Waals surface area contributed by atoms with Crippen molar-refractivity contribution in [2.24, 2.45) is 7.05 Å². The summed E-state index contributed by atoms with van der Waals surface area (Å²) < 4.78 is 9.97. The van der Waals surface area contributed by atoms with E-state index in [0.29, 0.717) is 0 Å². The summed E-state index contributed by atoms with van der Waals surface area (Å²) in [6, 6.07) is 10.7. The average Bonchev–Trinajstić information content (AvgIpc) is 3.05. The van der Waals surface area contributed by atoms with Crippen molar-refractivity contribution in [1.82, 2.24) is 0 Å². The molecule has 0 bridgehead atoms. The molecule has 0 radical (unpaired) electrons. The van der Waals surface area contributed by atoms with Crippen molar-refractivity contribution in [3.63, 3.8) is 0 Å². The van der Waals surface area contributed by atoms with Crippen LogP contribution in [0.5, 0.6) is 11.5 Å². The summed E-state index contributed by atoms with van der Waals surface area (Å²) in [7, 11) is 2.12. The van der Waals surface area contributed by atoms with Gasteiger partial charge in [0.2, 0.25) is 5.69 Å². The number of aromatic nitrogens is 1. The summed E-state index contributed by atoms with van der Waals surface area (Å²) in [6.07, 6.45) is 2.14. The smallest absolute Gasteiger partial charge is 0.228 e. The summed E-state index contributed by atoms with van der Waals surface area (Å²) in [4.78, 5) is 0. The fourth-order valence-electron chi connectivity index (χ4n) is 3.78. The normalized spacial score (nSPS) is 12.5. The van der Waals surface area contributed by atoms with Crippen molar-refractivity contribution < 1.29 is 9.30 Å². The highest BCUT2D eigenvalue weighted by Gasteiger charge is 2.31. The SMILES string of the molecule is Cc1c2c(c(C)c3sccc13)-c1c3c(cccc3cc[n+]1C)O2. The van der Waals surface area contributed by atoms with Crippen molar-refractivity contribution in [3.05, 3.63) is 53.0 Å². The first-order valence-corrected chi connectivity index (χ1v) is 8.64. The largest absolute Gasteiger partial charge is 0.455 e. The van der Waals surface area contributed by atoms with Crippen LogP contribution in [0, 0.1) is 13.8 Å². The van der Waals surface area contributed by atoms with Gasteiger partial charge in [0.1, 0.15) is 18.5 Å². The van der Waals surface area contributed by atoms with Crippen molar-refractivity contribution in [1.29, 1.82) is 0 Å². The van der Waals surface area contributed by atoms with Crippen molar-refractivity contribution in [2.75, 3.05) is 0 Å². The molecule has 4 aromatic rings. The van der Waals surface area contributed by atoms with Crippen LogP contribution in [0.4, 0.5) is 0 Å². The Kier molecular flexibility index (Phi) is 2.46. The fourth-order valence-corrected chi connectivity index (χ4v) is 4.75. The summed E-state index contributed by atoms with van der Waals surface area (Å²) in [5.41, 5.74) is 5.04. The number of hydrogen-bond donors (Lipinski definition) is 0. The lowest BCUT2D eigenvalue weighted by Crippen LogP contribution is -2.31. The van der Waals surface area contributed by atoms with Crippen LogP contribution in [0.1, 0.15) is 11.1 Å². The first-order chi connectivity index (χ1) is 11.2. The van der Waals surface area contributed by atoms with Gasteiger partial charge in [0.15, 0.2) is 6.20 Å². The molecule has 0 fully saturated rings. The van der Waals surface area contributed by atoms with Crippen molar-refractivity contribution in [3.8, 4) is 22.8 Å². The quantitative estimate of drug-likeness (QED) is 0.355. The maximum atomic E-state index is 6.38. The standard InChI is InChI=1S/C20H16NOS/c1-11-14-8-10-23-20(14)12(2)16-18-17-13(7-9-21(18)3)5-4-6-15(17)22-19(11)16/h4-10H,1-3H3/q+1. The highest BCUT2D eigenvalue weighted by molar-refractivity contribution is 7.17. The van der Waals surface area contributed by atoms with Gasteiger partial charge < -0.3 is 4.74 Å². The predicted octanol–water partition coefficient (Wildman–Crippen LogP) is 5.27. The van der Waals surface area contributed by atoms with Gasteiger partial charge >= 0.3 is 0 Å². The Hall–Kier alpha value is -2.39. The molecule has 0 aliphatic carbocycles. The first kappa shape index (κ1) is 13.1. The molecule has 0 N–H and O–H groups in total. The second-order valence-electron chi connectivity index (χ2n) is 6.22. The number of aryl methyl sites for hydroxylation is 3. The molecule has 1 aliphatic heterocycles. The van der Waals surface area contributed by atoms with E-state index in [1.807, 2.05) is 11.3 Å². The summed E-state index contributed by atoms with van der Waals surface area (Å²) >= 11 is 1.81. The molecule has 2 nitrogen and oxygen atoms in total. The molecule has 23 heavy (non-hydrogen) atoms. The lowest BCUT2D eigenvalue weighted by atomic mass is 9.92. The number of thiophene rings is 1. The number of benzene rings is 2. The molecule has 3 heterocycles. The predicted molar refractivity (Wildman–Crippen MR) is 95.5 cm³/mol.